The number of nitrogens with zero attached hydrogens (tertiary/aromatic N) is 4. The van der Waals surface area contributed by atoms with Gasteiger partial charge < -0.3 is 10.3 Å². The van der Waals surface area contributed by atoms with E-state index in [2.05, 4.69) is 71.5 Å². The monoisotopic (exact) mass is 470 g/mol. The molecule has 7 heteroatoms. The summed E-state index contributed by atoms with van der Waals surface area (Å²) in [6.45, 7) is 4.99. The summed E-state index contributed by atoms with van der Waals surface area (Å²) in [5.74, 6) is 2.58. The maximum atomic E-state index is 4.88. The Kier molecular flexibility index (Phi) is 6.63. The first kappa shape index (κ1) is 22.6. The number of para-hydroxylation sites is 1. The van der Waals surface area contributed by atoms with E-state index in [9.17, 15) is 0 Å². The Morgan fingerprint density at radius 2 is 2.09 bits per heavy atom. The number of rotatable bonds is 8. The smallest absolute Gasteiger partial charge is 0.163 e. The van der Waals surface area contributed by atoms with Gasteiger partial charge in [-0.05, 0) is 55.7 Å². The van der Waals surface area contributed by atoms with Crippen LogP contribution in [0.4, 0.5) is 11.5 Å². The third kappa shape index (κ3) is 4.85. The molecular weight excluding hydrogens is 440 g/mol. The molecule has 1 saturated carbocycles. The number of H-pyrrole nitrogens is 1. The van der Waals surface area contributed by atoms with Crippen molar-refractivity contribution >= 4 is 41.3 Å². The van der Waals surface area contributed by atoms with E-state index >= 15 is 0 Å². The van der Waals surface area contributed by atoms with Crippen LogP contribution in [-0.4, -0.2) is 32.7 Å². The molecule has 2 N–H and O–H groups in total. The lowest BCUT2D eigenvalue weighted by molar-refractivity contribution is 0.270. The average molecular weight is 471 g/mol. The van der Waals surface area contributed by atoms with E-state index in [1.165, 1.54) is 30.2 Å². The molecule has 1 atom stereocenters. The summed E-state index contributed by atoms with van der Waals surface area (Å²) in [4.78, 5) is 22.9. The van der Waals surface area contributed by atoms with Gasteiger partial charge in [-0.1, -0.05) is 31.5 Å². The van der Waals surface area contributed by atoms with Gasteiger partial charge in [-0.15, -0.1) is 12.6 Å². The summed E-state index contributed by atoms with van der Waals surface area (Å²) in [7, 11) is 0. The average Bonchev–Trinajstić information content (AvgIpc) is 3.20. The highest BCUT2D eigenvalue weighted by Crippen LogP contribution is 2.34. The molecule has 0 aliphatic heterocycles. The van der Waals surface area contributed by atoms with Gasteiger partial charge in [-0.3, -0.25) is 9.98 Å². The molecule has 1 aliphatic carbocycles. The van der Waals surface area contributed by atoms with Gasteiger partial charge in [0, 0.05) is 52.7 Å². The molecule has 0 spiro atoms. The van der Waals surface area contributed by atoms with Crippen LogP contribution >= 0.6 is 12.6 Å². The van der Waals surface area contributed by atoms with E-state index in [4.69, 9.17) is 15.0 Å². The van der Waals surface area contributed by atoms with Gasteiger partial charge in [0.05, 0.1) is 5.69 Å². The summed E-state index contributed by atoms with van der Waals surface area (Å²) in [6.07, 6.45) is 12.4. The van der Waals surface area contributed by atoms with Crippen LogP contribution in [0.1, 0.15) is 37.4 Å². The molecule has 1 unspecified atom stereocenters. The summed E-state index contributed by atoms with van der Waals surface area (Å²) in [5.41, 5.74) is 4.94. The van der Waals surface area contributed by atoms with E-state index in [1.807, 2.05) is 13.0 Å². The molecule has 5 rings (SSSR count). The number of pyridine rings is 1. The number of benzene rings is 1. The van der Waals surface area contributed by atoms with Gasteiger partial charge in [-0.2, -0.15) is 0 Å². The Bertz CT molecular complexity index is 1320. The molecule has 3 heterocycles. The Labute approximate surface area is 205 Å². The van der Waals surface area contributed by atoms with Crippen molar-refractivity contribution in [3.8, 4) is 11.4 Å². The van der Waals surface area contributed by atoms with Gasteiger partial charge in [-0.25, -0.2) is 9.97 Å². The number of fused-ring (bicyclic) bond motifs is 1. The summed E-state index contributed by atoms with van der Waals surface area (Å²) in [5, 5.41) is 4.80. The number of aromatic nitrogens is 4. The van der Waals surface area contributed by atoms with E-state index in [0.717, 1.165) is 52.1 Å². The van der Waals surface area contributed by atoms with Crippen molar-refractivity contribution < 1.29 is 0 Å². The third-order valence-electron chi connectivity index (χ3n) is 6.73. The van der Waals surface area contributed by atoms with Crippen LogP contribution in [-0.2, 0) is 6.42 Å². The number of aromatic amines is 1. The molecule has 0 saturated heterocycles. The van der Waals surface area contributed by atoms with Gasteiger partial charge in [0.15, 0.2) is 11.6 Å². The fourth-order valence-electron chi connectivity index (χ4n) is 4.46. The molecule has 1 fully saturated rings. The minimum absolute atomic E-state index is 0.456. The van der Waals surface area contributed by atoms with Gasteiger partial charge in [0.1, 0.15) is 5.69 Å². The van der Waals surface area contributed by atoms with Crippen LogP contribution in [0.15, 0.2) is 58.8 Å². The predicted molar refractivity (Wildman–Crippen MR) is 142 cm³/mol. The summed E-state index contributed by atoms with van der Waals surface area (Å²) >= 11 is 4.43. The second-order valence-electron chi connectivity index (χ2n) is 9.13. The van der Waals surface area contributed by atoms with E-state index < -0.39 is 0 Å². The zero-order valence-corrected chi connectivity index (χ0v) is 20.5. The lowest BCUT2D eigenvalue weighted by Gasteiger charge is -2.29. The Morgan fingerprint density at radius 3 is 2.88 bits per heavy atom. The Balaban J connectivity index is 1.42. The Morgan fingerprint density at radius 1 is 1.24 bits per heavy atom. The summed E-state index contributed by atoms with van der Waals surface area (Å²) in [6, 6.07) is 10.3. The third-order valence-corrected chi connectivity index (χ3v) is 6.98. The van der Waals surface area contributed by atoms with Crippen molar-refractivity contribution in [2.24, 2.45) is 16.8 Å². The normalized spacial score (nSPS) is 15.0. The van der Waals surface area contributed by atoms with Crippen molar-refractivity contribution in [2.45, 2.75) is 44.4 Å². The zero-order valence-electron chi connectivity index (χ0n) is 19.6. The molecule has 3 aromatic heterocycles. The van der Waals surface area contributed by atoms with Crippen LogP contribution in [0.5, 0.6) is 0 Å². The molecule has 4 aromatic rings. The zero-order chi connectivity index (χ0) is 23.5. The number of anilines is 1. The van der Waals surface area contributed by atoms with Crippen molar-refractivity contribution in [2.75, 3.05) is 11.9 Å². The standard InChI is InChI=1S/C27H30N6S/c1-17(19-6-5-7-19)13-31-25-18(2)32-26(21-12-22(34)16-28-14-21)33-27(25)29-11-10-20-15-30-24-9-4-3-8-23(20)24/h3-4,8-9,12-17,19,30,34H,5-7,10-11H2,1-2H3,(H,29,32,33)/b31-13-. The molecule has 174 valence electrons. The first-order chi connectivity index (χ1) is 16.6. The maximum Gasteiger partial charge on any atom is 0.163 e. The largest absolute Gasteiger partial charge is 0.368 e. The number of aryl methyl sites for hydroxylation is 1. The fraction of sp³-hybridized carbons (Fsp3) is 0.333. The van der Waals surface area contributed by atoms with Crippen molar-refractivity contribution in [1.29, 1.82) is 0 Å². The van der Waals surface area contributed by atoms with Crippen molar-refractivity contribution in [3.05, 3.63) is 60.2 Å². The molecule has 0 bridgehead atoms. The van der Waals surface area contributed by atoms with E-state index in [-0.39, 0.29) is 0 Å². The molecule has 0 radical (unpaired) electrons. The predicted octanol–water partition coefficient (Wildman–Crippen LogP) is 6.41. The number of thiol groups is 1. The first-order valence-corrected chi connectivity index (χ1v) is 12.4. The number of hydrogen-bond donors (Lipinski definition) is 3. The van der Waals surface area contributed by atoms with Crippen LogP contribution in [0, 0.1) is 18.8 Å². The van der Waals surface area contributed by atoms with Gasteiger partial charge in [0.25, 0.3) is 0 Å². The molecule has 1 aromatic carbocycles. The number of aliphatic imine (C=N–C) groups is 1. The van der Waals surface area contributed by atoms with E-state index in [1.54, 1.807) is 12.4 Å². The molecule has 1 aliphatic rings. The highest BCUT2D eigenvalue weighted by molar-refractivity contribution is 7.80. The van der Waals surface area contributed by atoms with Crippen LogP contribution < -0.4 is 5.32 Å². The van der Waals surface area contributed by atoms with E-state index in [0.29, 0.717) is 11.7 Å². The highest BCUT2D eigenvalue weighted by Gasteiger charge is 2.23. The van der Waals surface area contributed by atoms with Crippen LogP contribution in [0.2, 0.25) is 0 Å². The van der Waals surface area contributed by atoms with Crippen LogP contribution in [0.3, 0.4) is 0 Å². The summed E-state index contributed by atoms with van der Waals surface area (Å²) < 4.78 is 0. The SMILES string of the molecule is Cc1nc(-c2cncc(S)c2)nc(NCCc2c[nH]c3ccccc23)c1/N=C\C(C)C1CCC1. The van der Waals surface area contributed by atoms with Crippen LogP contribution in [0.25, 0.3) is 22.3 Å². The second-order valence-corrected chi connectivity index (χ2v) is 9.64. The topological polar surface area (TPSA) is 78.9 Å². The maximum absolute atomic E-state index is 4.88. The van der Waals surface area contributed by atoms with Gasteiger partial charge in [0.2, 0.25) is 0 Å². The van der Waals surface area contributed by atoms with Crippen molar-refractivity contribution in [1.82, 2.24) is 19.9 Å². The number of hydrogen-bond acceptors (Lipinski definition) is 6. The molecule has 6 nitrogen and oxygen atoms in total. The molecule has 34 heavy (non-hydrogen) atoms. The fourth-order valence-corrected chi connectivity index (χ4v) is 4.66. The minimum atomic E-state index is 0.456. The van der Waals surface area contributed by atoms with Gasteiger partial charge >= 0.3 is 0 Å². The minimum Gasteiger partial charge on any atom is -0.368 e. The lowest BCUT2D eigenvalue weighted by atomic mass is 9.77. The second kappa shape index (κ2) is 9.97. The first-order valence-electron chi connectivity index (χ1n) is 11.9. The van der Waals surface area contributed by atoms with Crippen molar-refractivity contribution in [3.63, 3.8) is 0 Å². The number of nitrogens with one attached hydrogen (secondary N) is 2. The molecular formula is C27H30N6S. The highest BCUT2D eigenvalue weighted by atomic mass is 32.1. The molecule has 0 amide bonds. The Hall–Kier alpha value is -3.19. The quantitative estimate of drug-likeness (QED) is 0.205. The lowest BCUT2D eigenvalue weighted by Crippen LogP contribution is -2.20.